The van der Waals surface area contributed by atoms with E-state index in [2.05, 4.69) is 0 Å². The van der Waals surface area contributed by atoms with Crippen LogP contribution in [0.1, 0.15) is 0 Å². The monoisotopic (exact) mass is 194 g/mol. The van der Waals surface area contributed by atoms with Gasteiger partial charge in [-0.2, -0.15) is 0 Å². The standard InChI is InChI=1S/C5H7FN2OS2/c1-8(6)11-5-4(9)3(7)2-10-5/h2,9H,7H2,1H3. The molecule has 0 amide bonds. The van der Waals surface area contributed by atoms with Gasteiger partial charge in [0.25, 0.3) is 0 Å². The van der Waals surface area contributed by atoms with Crippen LogP contribution in [0.25, 0.3) is 0 Å². The lowest BCUT2D eigenvalue weighted by atomic mass is 10.5. The van der Waals surface area contributed by atoms with Gasteiger partial charge in [0, 0.05) is 24.4 Å². The lowest BCUT2D eigenvalue weighted by molar-refractivity contribution is 0.201. The van der Waals surface area contributed by atoms with Crippen LogP contribution in [-0.2, 0) is 0 Å². The van der Waals surface area contributed by atoms with Gasteiger partial charge in [0.05, 0.1) is 5.69 Å². The van der Waals surface area contributed by atoms with Crippen molar-refractivity contribution in [2.45, 2.75) is 4.21 Å². The third kappa shape index (κ3) is 1.98. The number of nitrogens with zero attached hydrogens (tertiary/aromatic N) is 1. The number of aromatic hydroxyl groups is 1. The number of hydrogen-bond acceptors (Lipinski definition) is 5. The van der Waals surface area contributed by atoms with E-state index in [0.717, 1.165) is 11.9 Å². The van der Waals surface area contributed by atoms with Gasteiger partial charge in [-0.05, 0) is 0 Å². The number of hydrogen-bond donors (Lipinski definition) is 2. The Hall–Kier alpha value is -0.460. The fraction of sp³-hybridized carbons (Fsp3) is 0.200. The van der Waals surface area contributed by atoms with Gasteiger partial charge in [0.2, 0.25) is 0 Å². The van der Waals surface area contributed by atoms with Crippen LogP contribution in [0, 0.1) is 0 Å². The average Bonchev–Trinajstić information content (AvgIpc) is 2.18. The molecule has 0 radical (unpaired) electrons. The minimum absolute atomic E-state index is 0.0375. The van der Waals surface area contributed by atoms with Crippen LogP contribution in [0.3, 0.4) is 0 Å². The quantitative estimate of drug-likeness (QED) is 0.557. The van der Waals surface area contributed by atoms with Crippen molar-refractivity contribution in [2.75, 3.05) is 12.8 Å². The zero-order chi connectivity index (χ0) is 8.43. The molecule has 0 unspecified atom stereocenters. The molecule has 1 aromatic rings. The Kier molecular flexibility index (Phi) is 2.58. The molecule has 0 aromatic carbocycles. The van der Waals surface area contributed by atoms with Crippen molar-refractivity contribution in [1.82, 2.24) is 4.53 Å². The largest absolute Gasteiger partial charge is 0.504 e. The minimum Gasteiger partial charge on any atom is -0.504 e. The highest BCUT2D eigenvalue weighted by Crippen LogP contribution is 2.40. The lowest BCUT2D eigenvalue weighted by Crippen LogP contribution is -1.90. The molecular weight excluding hydrogens is 187 g/mol. The number of nitrogen functional groups attached to an aromatic ring is 1. The summed E-state index contributed by atoms with van der Waals surface area (Å²) in [7, 11) is 1.25. The summed E-state index contributed by atoms with van der Waals surface area (Å²) >= 11 is 2.01. The van der Waals surface area contributed by atoms with Crippen molar-refractivity contribution in [1.29, 1.82) is 0 Å². The summed E-state index contributed by atoms with van der Waals surface area (Å²) in [6, 6.07) is 0. The summed E-state index contributed by atoms with van der Waals surface area (Å²) < 4.78 is 13.1. The maximum atomic E-state index is 12.2. The van der Waals surface area contributed by atoms with Crippen LogP contribution in [0.5, 0.6) is 5.75 Å². The predicted molar refractivity (Wildman–Crippen MR) is 45.1 cm³/mol. The molecule has 0 saturated heterocycles. The molecule has 6 heteroatoms. The van der Waals surface area contributed by atoms with Gasteiger partial charge in [-0.15, -0.1) is 15.8 Å². The second-order valence-corrected chi connectivity index (χ2v) is 4.07. The fourth-order valence-corrected chi connectivity index (χ4v) is 2.16. The number of anilines is 1. The van der Waals surface area contributed by atoms with Crippen molar-refractivity contribution in [3.05, 3.63) is 5.38 Å². The summed E-state index contributed by atoms with van der Waals surface area (Å²) in [5.41, 5.74) is 5.61. The smallest absolute Gasteiger partial charge is 0.164 e. The highest BCUT2D eigenvalue weighted by atomic mass is 32.2. The Labute approximate surface area is 71.7 Å². The molecule has 0 aliphatic rings. The molecule has 0 saturated carbocycles. The third-order valence-electron chi connectivity index (χ3n) is 0.968. The number of rotatable bonds is 2. The van der Waals surface area contributed by atoms with E-state index in [9.17, 15) is 4.48 Å². The topological polar surface area (TPSA) is 49.5 Å². The Morgan fingerprint density at radius 2 is 2.45 bits per heavy atom. The summed E-state index contributed by atoms with van der Waals surface area (Å²) in [5.74, 6) is -0.0375. The Bertz CT molecular complexity index is 251. The summed E-state index contributed by atoms with van der Waals surface area (Å²) in [6.07, 6.45) is 0. The predicted octanol–water partition coefficient (Wildman–Crippen LogP) is 1.86. The van der Waals surface area contributed by atoms with Gasteiger partial charge < -0.3 is 10.8 Å². The Morgan fingerprint density at radius 3 is 2.82 bits per heavy atom. The van der Waals surface area contributed by atoms with E-state index < -0.39 is 0 Å². The number of halogens is 1. The lowest BCUT2D eigenvalue weighted by Gasteiger charge is -2.00. The molecule has 0 atom stereocenters. The first kappa shape index (κ1) is 8.63. The Balaban J connectivity index is 2.79. The SMILES string of the molecule is CN(F)Sc1scc(N)c1O. The highest BCUT2D eigenvalue weighted by molar-refractivity contribution is 7.98. The van der Waals surface area contributed by atoms with Crippen molar-refractivity contribution in [3.63, 3.8) is 0 Å². The maximum absolute atomic E-state index is 12.2. The van der Waals surface area contributed by atoms with E-state index in [0.29, 0.717) is 14.4 Å². The molecule has 0 aliphatic heterocycles. The molecule has 0 bridgehead atoms. The van der Waals surface area contributed by atoms with E-state index in [4.69, 9.17) is 10.8 Å². The average molecular weight is 194 g/mol. The molecule has 1 aromatic heterocycles. The van der Waals surface area contributed by atoms with Gasteiger partial charge in [-0.1, -0.05) is 4.53 Å². The summed E-state index contributed by atoms with van der Waals surface area (Å²) in [5, 5.41) is 10.7. The van der Waals surface area contributed by atoms with Gasteiger partial charge >= 0.3 is 0 Å². The van der Waals surface area contributed by atoms with Crippen LogP contribution in [0.4, 0.5) is 10.2 Å². The van der Waals surface area contributed by atoms with E-state index in [1.54, 1.807) is 5.38 Å². The van der Waals surface area contributed by atoms with Crippen LogP contribution in [-0.4, -0.2) is 16.7 Å². The molecule has 0 aliphatic carbocycles. The molecule has 3 N–H and O–H groups in total. The molecule has 3 nitrogen and oxygen atoms in total. The van der Waals surface area contributed by atoms with Crippen LogP contribution >= 0.6 is 23.3 Å². The van der Waals surface area contributed by atoms with E-state index in [1.165, 1.54) is 18.4 Å². The van der Waals surface area contributed by atoms with Crippen molar-refractivity contribution < 1.29 is 9.59 Å². The molecular formula is C5H7FN2OS2. The number of nitrogens with two attached hydrogens (primary N) is 1. The fourth-order valence-electron chi connectivity index (χ4n) is 0.525. The van der Waals surface area contributed by atoms with E-state index >= 15 is 0 Å². The zero-order valence-electron chi connectivity index (χ0n) is 5.74. The summed E-state index contributed by atoms with van der Waals surface area (Å²) in [4.78, 5) is 0. The molecule has 1 heterocycles. The van der Waals surface area contributed by atoms with Crippen molar-refractivity contribution in [2.24, 2.45) is 0 Å². The van der Waals surface area contributed by atoms with Gasteiger partial charge in [-0.25, -0.2) is 0 Å². The van der Waals surface area contributed by atoms with Crippen molar-refractivity contribution in [3.8, 4) is 5.75 Å². The minimum atomic E-state index is -0.0375. The van der Waals surface area contributed by atoms with E-state index in [-0.39, 0.29) is 5.75 Å². The van der Waals surface area contributed by atoms with Gasteiger partial charge in [-0.3, -0.25) is 0 Å². The first-order valence-corrected chi connectivity index (χ1v) is 4.40. The third-order valence-corrected chi connectivity index (χ3v) is 2.87. The first-order valence-electron chi connectivity index (χ1n) is 2.74. The number of thiophene rings is 1. The molecule has 11 heavy (non-hydrogen) atoms. The molecule has 1 rings (SSSR count). The molecule has 0 spiro atoms. The van der Waals surface area contributed by atoms with Crippen LogP contribution < -0.4 is 5.73 Å². The molecule has 0 fully saturated rings. The first-order chi connectivity index (χ1) is 5.11. The van der Waals surface area contributed by atoms with Crippen LogP contribution in [0.15, 0.2) is 9.59 Å². The van der Waals surface area contributed by atoms with E-state index in [1.807, 2.05) is 0 Å². The van der Waals surface area contributed by atoms with Gasteiger partial charge in [0.15, 0.2) is 5.75 Å². The van der Waals surface area contributed by atoms with Gasteiger partial charge in [0.1, 0.15) is 4.21 Å². The Morgan fingerprint density at radius 1 is 1.82 bits per heavy atom. The van der Waals surface area contributed by atoms with Crippen molar-refractivity contribution >= 4 is 29.0 Å². The maximum Gasteiger partial charge on any atom is 0.164 e. The van der Waals surface area contributed by atoms with Crippen LogP contribution in [0.2, 0.25) is 0 Å². The summed E-state index contributed by atoms with van der Waals surface area (Å²) in [6.45, 7) is 0. The second kappa shape index (κ2) is 3.29. The highest BCUT2D eigenvalue weighted by Gasteiger charge is 2.10. The second-order valence-electron chi connectivity index (χ2n) is 1.84. The zero-order valence-corrected chi connectivity index (χ0v) is 7.38. The molecule has 62 valence electrons. The normalized spacial score (nSPS) is 10.8.